The van der Waals surface area contributed by atoms with Crippen molar-refractivity contribution in [3.63, 3.8) is 0 Å². The van der Waals surface area contributed by atoms with E-state index in [1.54, 1.807) is 0 Å². The summed E-state index contributed by atoms with van der Waals surface area (Å²) in [5, 5.41) is 0. The highest BCUT2D eigenvalue weighted by Crippen LogP contribution is 2.32. The van der Waals surface area contributed by atoms with Gasteiger partial charge in [-0.3, -0.25) is 0 Å². The second-order valence-corrected chi connectivity index (χ2v) is 5.04. The Labute approximate surface area is 108 Å². The van der Waals surface area contributed by atoms with Crippen LogP contribution in [-0.4, -0.2) is 9.97 Å². The normalized spacial score (nSPS) is 16.7. The Bertz CT molecular complexity index is 484. The quantitative estimate of drug-likeness (QED) is 0.784. The van der Waals surface area contributed by atoms with Crippen LogP contribution in [0.15, 0.2) is 42.7 Å². The van der Waals surface area contributed by atoms with Crippen molar-refractivity contribution in [1.82, 2.24) is 9.97 Å². The summed E-state index contributed by atoms with van der Waals surface area (Å²) < 4.78 is 0. The summed E-state index contributed by atoms with van der Waals surface area (Å²) in [6.07, 6.45) is 10.7. The van der Waals surface area contributed by atoms with Crippen LogP contribution in [-0.2, 0) is 0 Å². The molecule has 1 aliphatic carbocycles. The van der Waals surface area contributed by atoms with Gasteiger partial charge in [-0.1, -0.05) is 49.6 Å². The monoisotopic (exact) mass is 238 g/mol. The predicted molar refractivity (Wildman–Crippen MR) is 73.3 cm³/mol. The first-order valence-electron chi connectivity index (χ1n) is 6.81. The highest BCUT2D eigenvalue weighted by atomic mass is 14.9. The Morgan fingerprint density at radius 2 is 1.50 bits per heavy atom. The van der Waals surface area contributed by atoms with Crippen LogP contribution in [0.2, 0.25) is 0 Å². The fourth-order valence-electron chi connectivity index (χ4n) is 2.72. The van der Waals surface area contributed by atoms with E-state index < -0.39 is 0 Å². The molecule has 18 heavy (non-hydrogen) atoms. The Morgan fingerprint density at radius 1 is 0.833 bits per heavy atom. The second-order valence-electron chi connectivity index (χ2n) is 5.04. The zero-order valence-corrected chi connectivity index (χ0v) is 10.5. The van der Waals surface area contributed by atoms with Crippen LogP contribution in [0.25, 0.3) is 11.4 Å². The van der Waals surface area contributed by atoms with Crippen molar-refractivity contribution >= 4 is 0 Å². The molecule has 2 heteroatoms. The molecular formula is C16H18N2. The number of benzene rings is 1. The lowest BCUT2D eigenvalue weighted by molar-refractivity contribution is 0.442. The van der Waals surface area contributed by atoms with E-state index in [1.807, 2.05) is 30.6 Å². The van der Waals surface area contributed by atoms with Crippen LogP contribution in [0, 0.1) is 0 Å². The zero-order valence-electron chi connectivity index (χ0n) is 10.5. The summed E-state index contributed by atoms with van der Waals surface area (Å²) in [5.74, 6) is 1.51. The Morgan fingerprint density at radius 3 is 2.17 bits per heavy atom. The molecule has 92 valence electrons. The van der Waals surface area contributed by atoms with Gasteiger partial charge in [0.2, 0.25) is 0 Å². The van der Waals surface area contributed by atoms with Crippen LogP contribution in [0.3, 0.4) is 0 Å². The minimum Gasteiger partial charge on any atom is -0.236 e. The van der Waals surface area contributed by atoms with Gasteiger partial charge >= 0.3 is 0 Å². The molecular weight excluding hydrogens is 220 g/mol. The fourth-order valence-corrected chi connectivity index (χ4v) is 2.72. The Hall–Kier alpha value is -1.70. The first kappa shape index (κ1) is 11.4. The highest BCUT2D eigenvalue weighted by Gasteiger charge is 2.16. The van der Waals surface area contributed by atoms with Crippen molar-refractivity contribution in [2.75, 3.05) is 0 Å². The van der Waals surface area contributed by atoms with Gasteiger partial charge in [-0.25, -0.2) is 9.97 Å². The van der Waals surface area contributed by atoms with Gasteiger partial charge in [-0.15, -0.1) is 0 Å². The summed E-state index contributed by atoms with van der Waals surface area (Å²) >= 11 is 0. The molecule has 0 amide bonds. The average molecular weight is 238 g/mol. The number of nitrogens with zero attached hydrogens (tertiary/aromatic N) is 2. The highest BCUT2D eigenvalue weighted by molar-refractivity contribution is 5.54. The third-order valence-corrected chi connectivity index (χ3v) is 3.78. The molecule has 0 unspecified atom stereocenters. The zero-order chi connectivity index (χ0) is 12.2. The van der Waals surface area contributed by atoms with Crippen molar-refractivity contribution in [2.24, 2.45) is 0 Å². The molecule has 1 fully saturated rings. The van der Waals surface area contributed by atoms with Crippen molar-refractivity contribution in [2.45, 2.75) is 38.0 Å². The third kappa shape index (κ3) is 2.42. The van der Waals surface area contributed by atoms with E-state index in [-0.39, 0.29) is 0 Å². The average Bonchev–Trinajstić information content (AvgIpc) is 2.49. The van der Waals surface area contributed by atoms with E-state index in [0.29, 0.717) is 5.92 Å². The number of hydrogen-bond acceptors (Lipinski definition) is 2. The molecule has 2 aromatic rings. The third-order valence-electron chi connectivity index (χ3n) is 3.78. The van der Waals surface area contributed by atoms with Gasteiger partial charge in [-0.05, 0) is 24.3 Å². The van der Waals surface area contributed by atoms with Gasteiger partial charge in [0, 0.05) is 18.0 Å². The Kier molecular flexibility index (Phi) is 3.35. The van der Waals surface area contributed by atoms with Gasteiger partial charge in [0.15, 0.2) is 5.82 Å². The maximum Gasteiger partial charge on any atom is 0.159 e. The van der Waals surface area contributed by atoms with Crippen molar-refractivity contribution in [3.8, 4) is 11.4 Å². The van der Waals surface area contributed by atoms with E-state index in [1.165, 1.54) is 37.7 Å². The van der Waals surface area contributed by atoms with Crippen LogP contribution < -0.4 is 0 Å². The van der Waals surface area contributed by atoms with Crippen LogP contribution in [0.5, 0.6) is 0 Å². The minimum absolute atomic E-state index is 0.684. The number of rotatable bonds is 2. The maximum atomic E-state index is 4.51. The van der Waals surface area contributed by atoms with E-state index in [0.717, 1.165) is 11.4 Å². The summed E-state index contributed by atoms with van der Waals surface area (Å²) in [4.78, 5) is 9.03. The minimum atomic E-state index is 0.684. The van der Waals surface area contributed by atoms with Gasteiger partial charge in [-0.2, -0.15) is 0 Å². The summed E-state index contributed by atoms with van der Waals surface area (Å²) in [6.45, 7) is 0. The lowest BCUT2D eigenvalue weighted by Gasteiger charge is -2.21. The standard InChI is InChI=1S/C16H18N2/c1-3-7-13(8-4-1)15-11-17-16(18-12-15)14-9-5-2-6-10-14/h2,5-6,9-13H,1,3-4,7-8H2. The van der Waals surface area contributed by atoms with Crippen LogP contribution in [0.4, 0.5) is 0 Å². The van der Waals surface area contributed by atoms with Crippen molar-refractivity contribution in [3.05, 3.63) is 48.3 Å². The Balaban J connectivity index is 1.80. The number of aromatic nitrogens is 2. The topological polar surface area (TPSA) is 25.8 Å². The molecule has 1 aromatic carbocycles. The van der Waals surface area contributed by atoms with Gasteiger partial charge in [0.1, 0.15) is 0 Å². The molecule has 0 N–H and O–H groups in total. The molecule has 1 aromatic heterocycles. The molecule has 1 heterocycles. The van der Waals surface area contributed by atoms with E-state index >= 15 is 0 Å². The molecule has 0 atom stereocenters. The lowest BCUT2D eigenvalue weighted by atomic mass is 9.85. The van der Waals surface area contributed by atoms with Gasteiger partial charge in [0.25, 0.3) is 0 Å². The van der Waals surface area contributed by atoms with E-state index in [4.69, 9.17) is 0 Å². The van der Waals surface area contributed by atoms with Crippen molar-refractivity contribution < 1.29 is 0 Å². The molecule has 0 radical (unpaired) electrons. The van der Waals surface area contributed by atoms with Gasteiger partial charge < -0.3 is 0 Å². The summed E-state index contributed by atoms with van der Waals surface area (Å²) in [6, 6.07) is 10.2. The second kappa shape index (κ2) is 5.30. The first-order chi connectivity index (χ1) is 8.93. The summed E-state index contributed by atoms with van der Waals surface area (Å²) in [5.41, 5.74) is 2.40. The largest absolute Gasteiger partial charge is 0.236 e. The molecule has 1 aliphatic rings. The maximum absolute atomic E-state index is 4.51. The SMILES string of the molecule is c1ccc(-c2ncc(C3CCCCC3)cn2)cc1. The molecule has 0 aliphatic heterocycles. The molecule has 2 nitrogen and oxygen atoms in total. The number of hydrogen-bond donors (Lipinski definition) is 0. The molecule has 3 rings (SSSR count). The van der Waals surface area contributed by atoms with E-state index in [2.05, 4.69) is 22.1 Å². The van der Waals surface area contributed by atoms with Gasteiger partial charge in [0.05, 0.1) is 0 Å². The van der Waals surface area contributed by atoms with Crippen molar-refractivity contribution in [1.29, 1.82) is 0 Å². The lowest BCUT2D eigenvalue weighted by Crippen LogP contribution is -2.05. The smallest absolute Gasteiger partial charge is 0.159 e. The molecule has 0 spiro atoms. The summed E-state index contributed by atoms with van der Waals surface area (Å²) in [7, 11) is 0. The predicted octanol–water partition coefficient (Wildman–Crippen LogP) is 4.19. The van der Waals surface area contributed by atoms with Crippen LogP contribution >= 0.6 is 0 Å². The molecule has 0 saturated heterocycles. The van der Waals surface area contributed by atoms with E-state index in [9.17, 15) is 0 Å². The first-order valence-corrected chi connectivity index (χ1v) is 6.81. The van der Waals surface area contributed by atoms with Crippen LogP contribution in [0.1, 0.15) is 43.6 Å². The molecule has 1 saturated carbocycles. The fraction of sp³-hybridized carbons (Fsp3) is 0.375. The molecule has 0 bridgehead atoms.